The van der Waals surface area contributed by atoms with E-state index in [0.29, 0.717) is 22.5 Å². The van der Waals surface area contributed by atoms with E-state index in [-0.39, 0.29) is 18.3 Å². The van der Waals surface area contributed by atoms with Crippen LogP contribution in [-0.4, -0.2) is 32.6 Å². The second-order valence-electron chi connectivity index (χ2n) is 7.96. The summed E-state index contributed by atoms with van der Waals surface area (Å²) in [5.41, 5.74) is 4.36. The van der Waals surface area contributed by atoms with Crippen LogP contribution in [0.4, 0.5) is 0 Å². The number of benzene rings is 3. The number of nitrogens with one attached hydrogen (secondary N) is 1. The zero-order chi connectivity index (χ0) is 26.2. The predicted octanol–water partition coefficient (Wildman–Crippen LogP) is 6.11. The molecule has 0 radical (unpaired) electrons. The molecule has 0 fully saturated rings. The van der Waals surface area contributed by atoms with Crippen molar-refractivity contribution in [3.63, 3.8) is 0 Å². The Morgan fingerprint density at radius 3 is 2.47 bits per heavy atom. The van der Waals surface area contributed by atoms with Gasteiger partial charge in [-0.25, -0.2) is 5.43 Å². The zero-order valence-electron chi connectivity index (χ0n) is 20.0. The molecular formula is C28H22BrN5O3S. The summed E-state index contributed by atoms with van der Waals surface area (Å²) in [6, 6.07) is 30.7. The highest BCUT2D eigenvalue weighted by molar-refractivity contribution is 9.10. The Morgan fingerprint density at radius 2 is 1.71 bits per heavy atom. The Labute approximate surface area is 231 Å². The highest BCUT2D eigenvalue weighted by Crippen LogP contribution is 2.24. The number of hydrogen-bond acceptors (Lipinski definition) is 7. The van der Waals surface area contributed by atoms with Crippen molar-refractivity contribution in [2.75, 3.05) is 5.75 Å². The van der Waals surface area contributed by atoms with Gasteiger partial charge in [-0.05, 0) is 48.5 Å². The smallest absolute Gasteiger partial charge is 0.250 e. The van der Waals surface area contributed by atoms with Crippen LogP contribution in [-0.2, 0) is 11.4 Å². The van der Waals surface area contributed by atoms with Crippen molar-refractivity contribution in [3.05, 3.63) is 113 Å². The molecule has 3 aromatic carbocycles. The maximum Gasteiger partial charge on any atom is 0.250 e. The van der Waals surface area contributed by atoms with Gasteiger partial charge in [-0.15, -0.1) is 10.2 Å². The highest BCUT2D eigenvalue weighted by Gasteiger charge is 2.16. The molecule has 38 heavy (non-hydrogen) atoms. The molecule has 8 nitrogen and oxygen atoms in total. The van der Waals surface area contributed by atoms with Crippen molar-refractivity contribution in [3.8, 4) is 22.8 Å². The molecule has 2 aromatic heterocycles. The molecule has 0 aliphatic rings. The van der Waals surface area contributed by atoms with Gasteiger partial charge in [-0.2, -0.15) is 5.10 Å². The Hall–Kier alpha value is -4.15. The molecule has 0 aliphatic heterocycles. The summed E-state index contributed by atoms with van der Waals surface area (Å²) < 4.78 is 14.5. The van der Waals surface area contributed by atoms with Crippen LogP contribution < -0.4 is 10.2 Å². The third-order valence-electron chi connectivity index (χ3n) is 5.29. The minimum Gasteiger partial charge on any atom is -0.486 e. The topological polar surface area (TPSA) is 94.5 Å². The second kappa shape index (κ2) is 12.4. The van der Waals surface area contributed by atoms with Gasteiger partial charge < -0.3 is 9.15 Å². The molecule has 1 N–H and O–H groups in total. The Kier molecular flexibility index (Phi) is 8.32. The molecule has 0 saturated carbocycles. The number of amides is 1. The average Bonchev–Trinajstić information content (AvgIpc) is 3.59. The number of thioether (sulfide) groups is 1. The van der Waals surface area contributed by atoms with Crippen LogP contribution in [0.15, 0.2) is 116 Å². The van der Waals surface area contributed by atoms with Crippen molar-refractivity contribution in [2.24, 2.45) is 5.10 Å². The first-order valence-corrected chi connectivity index (χ1v) is 13.4. The standard InChI is InChI=1S/C28H22BrN5O3S/c29-21-13-11-20(12-14-21)25-16-15-24(37-25)17-30-32-27(35)19-38-28-33-31-26(18-36-23-9-5-2-6-10-23)34(28)22-7-3-1-4-8-22/h1-17H,18-19H2,(H,32,35)/b30-17+. The van der Waals surface area contributed by atoms with Gasteiger partial charge in [0.2, 0.25) is 0 Å². The summed E-state index contributed by atoms with van der Waals surface area (Å²) in [6.07, 6.45) is 1.47. The lowest BCUT2D eigenvalue weighted by Crippen LogP contribution is -2.20. The van der Waals surface area contributed by atoms with Crippen molar-refractivity contribution < 1.29 is 13.9 Å². The number of hydrazone groups is 1. The number of halogens is 1. The summed E-state index contributed by atoms with van der Waals surface area (Å²) in [4.78, 5) is 12.5. The third-order valence-corrected chi connectivity index (χ3v) is 6.75. The summed E-state index contributed by atoms with van der Waals surface area (Å²) in [5.74, 6) is 2.43. The lowest BCUT2D eigenvalue weighted by atomic mass is 10.2. The van der Waals surface area contributed by atoms with E-state index < -0.39 is 0 Å². The fourth-order valence-corrected chi connectivity index (χ4v) is 4.54. The number of carbonyl (C=O) groups is 1. The van der Waals surface area contributed by atoms with Crippen LogP contribution >= 0.6 is 27.7 Å². The van der Waals surface area contributed by atoms with Crippen molar-refractivity contribution in [1.29, 1.82) is 0 Å². The van der Waals surface area contributed by atoms with Crippen LogP contribution in [0, 0.1) is 0 Å². The number of rotatable bonds is 10. The molecule has 190 valence electrons. The monoisotopic (exact) mass is 587 g/mol. The molecule has 0 spiro atoms. The summed E-state index contributed by atoms with van der Waals surface area (Å²) >= 11 is 4.68. The maximum atomic E-state index is 12.5. The quantitative estimate of drug-likeness (QED) is 0.120. The molecule has 1 amide bonds. The fourth-order valence-electron chi connectivity index (χ4n) is 3.51. The van der Waals surface area contributed by atoms with Gasteiger partial charge in [0.1, 0.15) is 23.9 Å². The lowest BCUT2D eigenvalue weighted by Gasteiger charge is -2.11. The highest BCUT2D eigenvalue weighted by atomic mass is 79.9. The summed E-state index contributed by atoms with van der Waals surface area (Å²) in [5, 5.41) is 13.2. The number of para-hydroxylation sites is 2. The van der Waals surface area contributed by atoms with Gasteiger partial charge >= 0.3 is 0 Å². The Morgan fingerprint density at radius 1 is 0.974 bits per heavy atom. The lowest BCUT2D eigenvalue weighted by molar-refractivity contribution is -0.118. The van der Waals surface area contributed by atoms with E-state index >= 15 is 0 Å². The van der Waals surface area contributed by atoms with E-state index in [2.05, 4.69) is 36.7 Å². The van der Waals surface area contributed by atoms with Crippen molar-refractivity contribution >= 4 is 39.8 Å². The molecule has 5 rings (SSSR count). The van der Waals surface area contributed by atoms with Crippen molar-refractivity contribution in [1.82, 2.24) is 20.2 Å². The number of ether oxygens (including phenoxy) is 1. The van der Waals surface area contributed by atoms with E-state index in [1.807, 2.05) is 95.6 Å². The van der Waals surface area contributed by atoms with Crippen LogP contribution in [0.5, 0.6) is 5.75 Å². The number of nitrogens with zero attached hydrogens (tertiary/aromatic N) is 4. The molecule has 0 saturated heterocycles. The van der Waals surface area contributed by atoms with Gasteiger partial charge in [0.15, 0.2) is 11.0 Å². The number of hydrogen-bond donors (Lipinski definition) is 1. The molecule has 0 atom stereocenters. The molecule has 0 aliphatic carbocycles. The first-order valence-electron chi connectivity index (χ1n) is 11.6. The van der Waals surface area contributed by atoms with E-state index in [9.17, 15) is 4.79 Å². The van der Waals surface area contributed by atoms with E-state index in [1.54, 1.807) is 6.07 Å². The van der Waals surface area contributed by atoms with Gasteiger partial charge in [0.05, 0.1) is 12.0 Å². The molecule has 0 unspecified atom stereocenters. The van der Waals surface area contributed by atoms with Crippen LogP contribution in [0.25, 0.3) is 17.0 Å². The first kappa shape index (κ1) is 25.5. The first-order chi connectivity index (χ1) is 18.7. The number of aromatic nitrogens is 3. The summed E-state index contributed by atoms with van der Waals surface area (Å²) in [6.45, 7) is 0.231. The normalized spacial score (nSPS) is 11.1. The maximum absolute atomic E-state index is 12.5. The van der Waals surface area contributed by atoms with Crippen LogP contribution in [0.1, 0.15) is 11.6 Å². The second-order valence-corrected chi connectivity index (χ2v) is 9.82. The number of furan rings is 1. The fraction of sp³-hybridized carbons (Fsp3) is 0.0714. The van der Waals surface area contributed by atoms with E-state index in [1.165, 1.54) is 18.0 Å². The molecule has 2 heterocycles. The summed E-state index contributed by atoms with van der Waals surface area (Å²) in [7, 11) is 0. The van der Waals surface area contributed by atoms with Gasteiger partial charge in [-0.1, -0.05) is 76.2 Å². The average molecular weight is 588 g/mol. The predicted molar refractivity (Wildman–Crippen MR) is 150 cm³/mol. The van der Waals surface area contributed by atoms with Crippen LogP contribution in [0.3, 0.4) is 0 Å². The molecule has 10 heteroatoms. The minimum absolute atomic E-state index is 0.101. The van der Waals surface area contributed by atoms with Gasteiger partial charge in [0.25, 0.3) is 5.91 Å². The van der Waals surface area contributed by atoms with E-state index in [0.717, 1.165) is 21.5 Å². The Bertz CT molecular complexity index is 1520. The van der Waals surface area contributed by atoms with Crippen LogP contribution in [0.2, 0.25) is 0 Å². The van der Waals surface area contributed by atoms with Gasteiger partial charge in [0, 0.05) is 15.7 Å². The van der Waals surface area contributed by atoms with Gasteiger partial charge in [-0.3, -0.25) is 9.36 Å². The molecule has 0 bridgehead atoms. The SMILES string of the molecule is O=C(CSc1nnc(COc2ccccc2)n1-c1ccccc1)N/N=C/c1ccc(-c2ccc(Br)cc2)o1. The zero-order valence-corrected chi connectivity index (χ0v) is 22.4. The number of carbonyl (C=O) groups excluding carboxylic acids is 1. The Balaban J connectivity index is 1.20. The largest absolute Gasteiger partial charge is 0.486 e. The molecular weight excluding hydrogens is 566 g/mol. The third kappa shape index (κ3) is 6.58. The minimum atomic E-state index is -0.282. The molecule has 5 aromatic rings. The van der Waals surface area contributed by atoms with Crippen molar-refractivity contribution in [2.45, 2.75) is 11.8 Å². The van der Waals surface area contributed by atoms with E-state index in [4.69, 9.17) is 9.15 Å².